The molecule has 0 heterocycles. The summed E-state index contributed by atoms with van der Waals surface area (Å²) in [5.74, 6) is 0.516. The highest BCUT2D eigenvalue weighted by Gasteiger charge is 2.11. The Hall–Kier alpha value is -4.06. The number of carboxylic acids is 1. The monoisotopic (exact) mass is 430 g/mol. The van der Waals surface area contributed by atoms with Gasteiger partial charge in [-0.3, -0.25) is 10.2 Å². The van der Waals surface area contributed by atoms with Gasteiger partial charge >= 0.3 is 5.97 Å². The molecule has 0 radical (unpaired) electrons. The summed E-state index contributed by atoms with van der Waals surface area (Å²) in [6.45, 7) is 6.11. The predicted octanol–water partition coefficient (Wildman–Crippen LogP) is 5.34. The highest BCUT2D eigenvalue weighted by Crippen LogP contribution is 2.26. The fourth-order valence-electron chi connectivity index (χ4n) is 3.27. The number of carbonyl (C=O) groups is 1. The van der Waals surface area contributed by atoms with Crippen LogP contribution in [-0.4, -0.2) is 30.6 Å². The number of hydrogen-bond donors (Lipinski definition) is 3. The molecule has 6 nitrogen and oxygen atoms in total. The van der Waals surface area contributed by atoms with E-state index < -0.39 is 5.97 Å². The van der Waals surface area contributed by atoms with Gasteiger partial charge in [-0.25, -0.2) is 0 Å². The first-order chi connectivity index (χ1) is 15.4. The lowest BCUT2D eigenvalue weighted by Gasteiger charge is -2.13. The van der Waals surface area contributed by atoms with Crippen LogP contribution in [0.2, 0.25) is 0 Å². The van der Waals surface area contributed by atoms with Gasteiger partial charge < -0.3 is 19.9 Å². The molecule has 0 saturated heterocycles. The van der Waals surface area contributed by atoms with Crippen molar-refractivity contribution in [1.29, 1.82) is 5.41 Å². The molecule has 3 N–H and O–H groups in total. The number of ether oxygens (including phenoxy) is 2. The number of aliphatic carboxylic acids is 1. The van der Waals surface area contributed by atoms with Crippen molar-refractivity contribution in [3.05, 3.63) is 84.4 Å². The van der Waals surface area contributed by atoms with Crippen LogP contribution >= 0.6 is 0 Å². The third-order valence-electron chi connectivity index (χ3n) is 4.99. The van der Waals surface area contributed by atoms with Gasteiger partial charge in [0.15, 0.2) is 0 Å². The molecule has 0 aromatic heterocycles. The Morgan fingerprint density at radius 2 is 1.66 bits per heavy atom. The van der Waals surface area contributed by atoms with Crippen LogP contribution in [0.15, 0.2) is 73.3 Å². The van der Waals surface area contributed by atoms with Crippen LogP contribution < -0.4 is 14.8 Å². The minimum Gasteiger partial charge on any atom is -0.497 e. The topological polar surface area (TPSA) is 91.6 Å². The van der Waals surface area contributed by atoms with E-state index in [1.165, 1.54) is 0 Å². The molecule has 0 spiro atoms. The molecule has 6 heteroatoms. The van der Waals surface area contributed by atoms with E-state index in [0.717, 1.165) is 27.6 Å². The fourth-order valence-corrected chi connectivity index (χ4v) is 3.27. The van der Waals surface area contributed by atoms with E-state index in [0.29, 0.717) is 23.6 Å². The Balaban J connectivity index is 1.69. The first kappa shape index (κ1) is 22.6. The molecule has 32 heavy (non-hydrogen) atoms. The molecule has 0 saturated carbocycles. The van der Waals surface area contributed by atoms with Gasteiger partial charge in [0.1, 0.15) is 11.5 Å². The maximum atomic E-state index is 10.6. The average Bonchev–Trinajstić information content (AvgIpc) is 2.79. The van der Waals surface area contributed by atoms with E-state index in [1.807, 2.05) is 61.5 Å². The largest absolute Gasteiger partial charge is 0.497 e. The van der Waals surface area contributed by atoms with Crippen molar-refractivity contribution in [3.63, 3.8) is 0 Å². The molecule has 0 aliphatic carbocycles. The minimum atomic E-state index is -0.863. The second-order valence-electron chi connectivity index (χ2n) is 7.13. The van der Waals surface area contributed by atoms with Gasteiger partial charge in [-0.15, -0.1) is 0 Å². The molecule has 0 aliphatic heterocycles. The van der Waals surface area contributed by atoms with Crippen LogP contribution in [0, 0.1) is 5.41 Å². The van der Waals surface area contributed by atoms with Crippen LogP contribution in [0.4, 0.5) is 0 Å². The van der Waals surface area contributed by atoms with Crippen molar-refractivity contribution in [3.8, 4) is 11.5 Å². The average molecular weight is 431 g/mol. The van der Waals surface area contributed by atoms with Crippen molar-refractivity contribution in [1.82, 2.24) is 5.32 Å². The molecule has 0 atom stereocenters. The Labute approximate surface area is 187 Å². The number of nitrogens with one attached hydrogen (secondary N) is 2. The summed E-state index contributed by atoms with van der Waals surface area (Å²) in [5, 5.41) is 22.3. The zero-order valence-corrected chi connectivity index (χ0v) is 18.1. The molecule has 0 fully saturated rings. The lowest BCUT2D eigenvalue weighted by Crippen LogP contribution is -2.16. The number of rotatable bonds is 9. The normalized spacial score (nSPS) is 11.1. The van der Waals surface area contributed by atoms with Crippen LogP contribution in [0.5, 0.6) is 11.5 Å². The third-order valence-corrected chi connectivity index (χ3v) is 4.99. The molecule has 3 rings (SSSR count). The highest BCUT2D eigenvalue weighted by molar-refractivity contribution is 6.19. The molecular formula is C26H26N2O4. The molecule has 0 unspecified atom stereocenters. The van der Waals surface area contributed by atoms with Crippen molar-refractivity contribution in [2.24, 2.45) is 0 Å². The molecule has 164 valence electrons. The standard InChI is InChI=1S/C26H26N2O4/c1-4-24(21-6-5-20-16-23(31-3)12-9-19(20)15-21)26(27)32-22-10-7-18(8-11-22)17(2)28-14-13-25(29)30/h4-12,15-16,27-28H,2,13-14H2,1,3H3,(H,29,30)/b24-4-,27-26?. The van der Waals surface area contributed by atoms with Crippen molar-refractivity contribution < 1.29 is 19.4 Å². The Morgan fingerprint density at radius 3 is 2.31 bits per heavy atom. The molecule has 3 aromatic rings. The molecular weight excluding hydrogens is 404 g/mol. The highest BCUT2D eigenvalue weighted by atomic mass is 16.5. The van der Waals surface area contributed by atoms with Crippen LogP contribution in [0.25, 0.3) is 22.0 Å². The maximum absolute atomic E-state index is 10.6. The molecule has 0 bridgehead atoms. The van der Waals surface area contributed by atoms with Gasteiger partial charge in [-0.2, -0.15) is 0 Å². The van der Waals surface area contributed by atoms with Crippen molar-refractivity contribution in [2.75, 3.05) is 13.7 Å². The summed E-state index contributed by atoms with van der Waals surface area (Å²) in [6.07, 6.45) is 1.88. The van der Waals surface area contributed by atoms with Crippen LogP contribution in [0.1, 0.15) is 24.5 Å². The number of fused-ring (bicyclic) bond motifs is 1. The smallest absolute Gasteiger partial charge is 0.305 e. The summed E-state index contributed by atoms with van der Waals surface area (Å²) < 4.78 is 11.1. The molecule has 0 aliphatic rings. The lowest BCUT2D eigenvalue weighted by atomic mass is 10.0. The van der Waals surface area contributed by atoms with E-state index in [4.69, 9.17) is 20.0 Å². The van der Waals surface area contributed by atoms with Gasteiger partial charge in [-0.1, -0.05) is 30.9 Å². The maximum Gasteiger partial charge on any atom is 0.305 e. The molecule has 3 aromatic carbocycles. The SMILES string of the molecule is C=C(NCCC(=O)O)c1ccc(OC(=N)/C(=C\C)c2ccc3cc(OC)ccc3c2)cc1. The van der Waals surface area contributed by atoms with Gasteiger partial charge in [-0.05, 0) is 71.3 Å². The van der Waals surface area contributed by atoms with E-state index in [9.17, 15) is 4.79 Å². The number of hydrogen-bond acceptors (Lipinski definition) is 5. The Morgan fingerprint density at radius 1 is 1.03 bits per heavy atom. The fraction of sp³-hybridized carbons (Fsp3) is 0.154. The van der Waals surface area contributed by atoms with E-state index in [2.05, 4.69) is 11.9 Å². The van der Waals surface area contributed by atoms with E-state index >= 15 is 0 Å². The van der Waals surface area contributed by atoms with Crippen LogP contribution in [-0.2, 0) is 4.79 Å². The van der Waals surface area contributed by atoms with Crippen molar-refractivity contribution in [2.45, 2.75) is 13.3 Å². The van der Waals surface area contributed by atoms with Gasteiger partial charge in [0.25, 0.3) is 0 Å². The summed E-state index contributed by atoms with van der Waals surface area (Å²) in [7, 11) is 1.64. The lowest BCUT2D eigenvalue weighted by molar-refractivity contribution is -0.136. The number of allylic oxidation sites excluding steroid dienone is 1. The first-order valence-corrected chi connectivity index (χ1v) is 10.2. The van der Waals surface area contributed by atoms with Gasteiger partial charge in [0.2, 0.25) is 5.90 Å². The second kappa shape index (κ2) is 10.3. The quantitative estimate of drug-likeness (QED) is 0.315. The predicted molar refractivity (Wildman–Crippen MR) is 128 cm³/mol. The summed E-state index contributed by atoms with van der Waals surface area (Å²) in [6, 6.07) is 19.0. The third kappa shape index (κ3) is 5.55. The number of carboxylic acid groups (broad SMARTS) is 1. The van der Waals surface area contributed by atoms with Gasteiger partial charge in [0, 0.05) is 17.8 Å². The number of methoxy groups -OCH3 is 1. The van der Waals surface area contributed by atoms with Crippen LogP contribution in [0.3, 0.4) is 0 Å². The van der Waals surface area contributed by atoms with E-state index in [-0.39, 0.29) is 12.3 Å². The summed E-state index contributed by atoms with van der Waals surface area (Å²) in [5.41, 5.74) is 3.04. The Bertz CT molecular complexity index is 1180. The van der Waals surface area contributed by atoms with E-state index in [1.54, 1.807) is 19.2 Å². The number of benzene rings is 3. The second-order valence-corrected chi connectivity index (χ2v) is 7.13. The Kier molecular flexibility index (Phi) is 7.29. The minimum absolute atomic E-state index is 0.0197. The van der Waals surface area contributed by atoms with Crippen molar-refractivity contribution >= 4 is 33.9 Å². The zero-order chi connectivity index (χ0) is 23.1. The zero-order valence-electron chi connectivity index (χ0n) is 18.1. The van der Waals surface area contributed by atoms with Gasteiger partial charge in [0.05, 0.1) is 13.5 Å². The molecule has 0 amide bonds. The summed E-state index contributed by atoms with van der Waals surface area (Å²) in [4.78, 5) is 10.6. The first-order valence-electron chi connectivity index (χ1n) is 10.2. The summed E-state index contributed by atoms with van der Waals surface area (Å²) >= 11 is 0.